The van der Waals surface area contributed by atoms with Gasteiger partial charge in [0.2, 0.25) is 15.9 Å². The largest absolute Gasteiger partial charge is 0.333 e. The van der Waals surface area contributed by atoms with E-state index in [4.69, 9.17) is 5.14 Å². The quantitative estimate of drug-likeness (QED) is 0.579. The lowest BCUT2D eigenvalue weighted by molar-refractivity contribution is -0.113. The molecular weight excluding hydrogens is 372 g/mol. The van der Waals surface area contributed by atoms with Crippen molar-refractivity contribution < 1.29 is 13.2 Å². The number of carbonyl (C=O) groups excluding carboxylic acids is 1. The van der Waals surface area contributed by atoms with Crippen LogP contribution in [0.3, 0.4) is 0 Å². The number of nitrogens with zero attached hydrogens (tertiary/aromatic N) is 1. The monoisotopic (exact) mass is 390 g/mol. The number of fused-ring (bicyclic) bond motifs is 1. The fourth-order valence-electron chi connectivity index (χ4n) is 2.44. The first kappa shape index (κ1) is 18.4. The highest BCUT2D eigenvalue weighted by Crippen LogP contribution is 2.24. The minimum absolute atomic E-state index is 0.0270. The van der Waals surface area contributed by atoms with E-state index in [2.05, 4.69) is 15.3 Å². The van der Waals surface area contributed by atoms with Crippen LogP contribution in [0.4, 0.5) is 5.69 Å². The molecule has 0 aliphatic carbocycles. The van der Waals surface area contributed by atoms with E-state index in [-0.39, 0.29) is 16.6 Å². The van der Waals surface area contributed by atoms with E-state index in [1.165, 1.54) is 23.9 Å². The molecule has 0 unspecified atom stereocenters. The van der Waals surface area contributed by atoms with Crippen LogP contribution in [-0.4, -0.2) is 30.0 Å². The summed E-state index contributed by atoms with van der Waals surface area (Å²) in [5, 5.41) is 8.58. The fourth-order valence-corrected chi connectivity index (χ4v) is 3.75. The van der Waals surface area contributed by atoms with Gasteiger partial charge in [-0.3, -0.25) is 4.79 Å². The summed E-state index contributed by atoms with van der Waals surface area (Å²) in [6.07, 6.45) is 0. The zero-order chi connectivity index (χ0) is 18.9. The molecule has 7 nitrogen and oxygen atoms in total. The van der Waals surface area contributed by atoms with Gasteiger partial charge in [-0.1, -0.05) is 23.9 Å². The number of rotatable bonds is 5. The standard InChI is InChI=1S/C17H18N4O3S2/c1-10-7-12(26(18,23)24)8-15(11(10)2)19-16(22)9-25-17-20-13-5-3-4-6-14(13)21-17/h3-8H,9H2,1-2H3,(H,19,22)(H,20,21)(H2,18,23,24). The number of aromatic amines is 1. The Labute approximate surface area is 155 Å². The Kier molecular flexibility index (Phi) is 5.03. The lowest BCUT2D eigenvalue weighted by Crippen LogP contribution is -2.17. The topological polar surface area (TPSA) is 118 Å². The van der Waals surface area contributed by atoms with Crippen molar-refractivity contribution >= 4 is 44.4 Å². The van der Waals surface area contributed by atoms with Crippen LogP contribution in [0.15, 0.2) is 46.5 Å². The van der Waals surface area contributed by atoms with Gasteiger partial charge in [-0.05, 0) is 49.2 Å². The molecule has 0 fully saturated rings. The average Bonchev–Trinajstić information content (AvgIpc) is 2.99. The molecule has 26 heavy (non-hydrogen) atoms. The molecule has 0 saturated carbocycles. The highest BCUT2D eigenvalue weighted by Gasteiger charge is 2.15. The van der Waals surface area contributed by atoms with Crippen LogP contribution in [0.1, 0.15) is 11.1 Å². The number of hydrogen-bond donors (Lipinski definition) is 3. The Hall–Kier alpha value is -2.36. The smallest absolute Gasteiger partial charge is 0.238 e. The predicted molar refractivity (Wildman–Crippen MR) is 103 cm³/mol. The van der Waals surface area contributed by atoms with Gasteiger partial charge >= 0.3 is 0 Å². The molecular formula is C17H18N4O3S2. The van der Waals surface area contributed by atoms with Crippen LogP contribution in [0, 0.1) is 13.8 Å². The first-order valence-electron chi connectivity index (χ1n) is 7.75. The molecule has 0 spiro atoms. The number of aryl methyl sites for hydroxylation is 1. The lowest BCUT2D eigenvalue weighted by atomic mass is 10.1. The number of primary sulfonamides is 1. The van der Waals surface area contributed by atoms with E-state index in [9.17, 15) is 13.2 Å². The van der Waals surface area contributed by atoms with Crippen molar-refractivity contribution in [3.63, 3.8) is 0 Å². The number of carbonyl (C=O) groups is 1. The molecule has 4 N–H and O–H groups in total. The van der Waals surface area contributed by atoms with Crippen molar-refractivity contribution in [2.45, 2.75) is 23.9 Å². The number of nitrogens with one attached hydrogen (secondary N) is 2. The number of nitrogens with two attached hydrogens (primary N) is 1. The number of aromatic nitrogens is 2. The van der Waals surface area contributed by atoms with Crippen molar-refractivity contribution in [2.24, 2.45) is 5.14 Å². The molecule has 0 bridgehead atoms. The summed E-state index contributed by atoms with van der Waals surface area (Å²) < 4.78 is 23.2. The highest BCUT2D eigenvalue weighted by atomic mass is 32.2. The molecule has 2 aromatic carbocycles. The van der Waals surface area contributed by atoms with Gasteiger partial charge in [0.15, 0.2) is 5.16 Å². The Bertz CT molecular complexity index is 1060. The Morgan fingerprint density at radius 2 is 2.00 bits per heavy atom. The number of anilines is 1. The predicted octanol–water partition coefficient (Wildman–Crippen LogP) is 2.56. The number of thioether (sulfide) groups is 1. The molecule has 0 aliphatic rings. The maximum atomic E-state index is 12.3. The summed E-state index contributed by atoms with van der Waals surface area (Å²) in [7, 11) is -3.84. The summed E-state index contributed by atoms with van der Waals surface area (Å²) in [6.45, 7) is 3.58. The van der Waals surface area contributed by atoms with Gasteiger partial charge in [0.1, 0.15) is 0 Å². The normalized spacial score (nSPS) is 11.7. The second-order valence-electron chi connectivity index (χ2n) is 5.85. The summed E-state index contributed by atoms with van der Waals surface area (Å²) in [6, 6.07) is 10.5. The summed E-state index contributed by atoms with van der Waals surface area (Å²) in [5.74, 6) is -0.123. The van der Waals surface area contributed by atoms with Gasteiger partial charge in [-0.25, -0.2) is 18.5 Å². The molecule has 0 atom stereocenters. The molecule has 0 radical (unpaired) electrons. The number of H-pyrrole nitrogens is 1. The zero-order valence-electron chi connectivity index (χ0n) is 14.2. The number of benzene rings is 2. The highest BCUT2D eigenvalue weighted by molar-refractivity contribution is 7.99. The molecule has 1 amide bonds. The average molecular weight is 390 g/mol. The third-order valence-electron chi connectivity index (χ3n) is 3.95. The van der Waals surface area contributed by atoms with E-state index in [1.807, 2.05) is 31.2 Å². The van der Waals surface area contributed by atoms with Gasteiger partial charge in [0.05, 0.1) is 21.7 Å². The molecule has 9 heteroatoms. The molecule has 0 saturated heterocycles. The van der Waals surface area contributed by atoms with Gasteiger partial charge in [-0.2, -0.15) is 0 Å². The van der Waals surface area contributed by atoms with Crippen molar-refractivity contribution in [3.05, 3.63) is 47.5 Å². The molecule has 3 rings (SSSR count). The Morgan fingerprint density at radius 3 is 2.69 bits per heavy atom. The number of imidazole rings is 1. The maximum absolute atomic E-state index is 12.3. The van der Waals surface area contributed by atoms with Crippen LogP contribution in [0.25, 0.3) is 11.0 Å². The number of amides is 1. The van der Waals surface area contributed by atoms with E-state index in [1.54, 1.807) is 6.92 Å². The van der Waals surface area contributed by atoms with Gasteiger partial charge in [0.25, 0.3) is 0 Å². The minimum atomic E-state index is -3.84. The van der Waals surface area contributed by atoms with Crippen LogP contribution in [0.5, 0.6) is 0 Å². The minimum Gasteiger partial charge on any atom is -0.333 e. The van der Waals surface area contributed by atoms with Gasteiger partial charge in [-0.15, -0.1) is 0 Å². The first-order valence-corrected chi connectivity index (χ1v) is 10.3. The number of hydrogen-bond acceptors (Lipinski definition) is 5. The van der Waals surface area contributed by atoms with E-state index < -0.39 is 10.0 Å². The lowest BCUT2D eigenvalue weighted by Gasteiger charge is -2.12. The second kappa shape index (κ2) is 7.10. The molecule has 0 aliphatic heterocycles. The Balaban J connectivity index is 1.72. The van der Waals surface area contributed by atoms with Crippen LogP contribution in [0.2, 0.25) is 0 Å². The summed E-state index contributed by atoms with van der Waals surface area (Å²) >= 11 is 1.27. The fraction of sp³-hybridized carbons (Fsp3) is 0.176. The van der Waals surface area contributed by atoms with Crippen molar-refractivity contribution in [1.29, 1.82) is 0 Å². The van der Waals surface area contributed by atoms with E-state index in [0.717, 1.165) is 22.2 Å². The van der Waals surface area contributed by atoms with E-state index in [0.29, 0.717) is 10.8 Å². The summed E-state index contributed by atoms with van der Waals surface area (Å²) in [4.78, 5) is 19.8. The number of para-hydroxylation sites is 2. The molecule has 136 valence electrons. The third kappa shape index (κ3) is 4.06. The molecule has 3 aromatic rings. The van der Waals surface area contributed by atoms with Crippen LogP contribution < -0.4 is 10.5 Å². The van der Waals surface area contributed by atoms with Crippen molar-refractivity contribution in [1.82, 2.24) is 9.97 Å². The third-order valence-corrected chi connectivity index (χ3v) is 5.72. The first-order chi connectivity index (χ1) is 12.2. The molecule has 1 aromatic heterocycles. The van der Waals surface area contributed by atoms with E-state index >= 15 is 0 Å². The molecule has 1 heterocycles. The van der Waals surface area contributed by atoms with Crippen molar-refractivity contribution in [2.75, 3.05) is 11.1 Å². The summed E-state index contributed by atoms with van der Waals surface area (Å²) in [5.41, 5.74) is 3.70. The van der Waals surface area contributed by atoms with Crippen LogP contribution in [-0.2, 0) is 14.8 Å². The number of sulfonamides is 1. The Morgan fingerprint density at radius 1 is 1.27 bits per heavy atom. The van der Waals surface area contributed by atoms with Gasteiger partial charge in [0, 0.05) is 5.69 Å². The van der Waals surface area contributed by atoms with Crippen molar-refractivity contribution in [3.8, 4) is 0 Å². The zero-order valence-corrected chi connectivity index (χ0v) is 15.9. The SMILES string of the molecule is Cc1cc(S(N)(=O)=O)cc(NC(=O)CSc2nc3ccccc3[nH]2)c1C. The second-order valence-corrected chi connectivity index (χ2v) is 8.38. The maximum Gasteiger partial charge on any atom is 0.238 e. The van der Waals surface area contributed by atoms with Gasteiger partial charge < -0.3 is 10.3 Å². The van der Waals surface area contributed by atoms with Crippen LogP contribution >= 0.6 is 11.8 Å².